The maximum atomic E-state index is 4.50. The monoisotopic (exact) mass is 284 g/mol. The van der Waals surface area contributed by atoms with E-state index in [-0.39, 0.29) is 0 Å². The molecule has 0 amide bonds. The van der Waals surface area contributed by atoms with Crippen molar-refractivity contribution in [2.45, 2.75) is 26.8 Å². The number of aryl methyl sites for hydroxylation is 4. The van der Waals surface area contributed by atoms with Crippen LogP contribution < -0.4 is 5.32 Å². The van der Waals surface area contributed by atoms with E-state index in [4.69, 9.17) is 0 Å². The van der Waals surface area contributed by atoms with Gasteiger partial charge in [-0.05, 0) is 25.0 Å². The van der Waals surface area contributed by atoms with Crippen molar-refractivity contribution in [1.82, 2.24) is 24.5 Å². The molecule has 0 aliphatic carbocycles. The molecule has 0 atom stereocenters. The Labute approximate surface area is 123 Å². The molecule has 1 N–H and O–H groups in total. The second-order valence-electron chi connectivity index (χ2n) is 5.29. The summed E-state index contributed by atoms with van der Waals surface area (Å²) in [7, 11) is 3.86. The molecule has 3 aromatic heterocycles. The number of hydrogen-bond donors (Lipinski definition) is 1. The lowest BCUT2D eigenvalue weighted by molar-refractivity contribution is 0.746. The molecule has 0 unspecified atom stereocenters. The molecule has 0 fully saturated rings. The average molecular weight is 284 g/mol. The Morgan fingerprint density at radius 1 is 1.24 bits per heavy atom. The lowest BCUT2D eigenvalue weighted by Crippen LogP contribution is -2.01. The van der Waals surface area contributed by atoms with Crippen LogP contribution in [0.5, 0.6) is 0 Å². The van der Waals surface area contributed by atoms with E-state index in [0.29, 0.717) is 0 Å². The highest BCUT2D eigenvalue weighted by atomic mass is 15.3. The van der Waals surface area contributed by atoms with Gasteiger partial charge in [-0.3, -0.25) is 9.36 Å². The van der Waals surface area contributed by atoms with E-state index in [1.165, 1.54) is 0 Å². The van der Waals surface area contributed by atoms with Crippen LogP contribution in [-0.4, -0.2) is 24.5 Å². The fraction of sp³-hybridized carbons (Fsp3) is 0.400. The lowest BCUT2D eigenvalue weighted by Gasteiger charge is -2.05. The molecule has 6 heteroatoms. The van der Waals surface area contributed by atoms with E-state index in [1.807, 2.05) is 42.8 Å². The van der Waals surface area contributed by atoms with Gasteiger partial charge in [0.1, 0.15) is 0 Å². The van der Waals surface area contributed by atoms with E-state index >= 15 is 0 Å². The van der Waals surface area contributed by atoms with Crippen LogP contribution in [0.2, 0.25) is 0 Å². The van der Waals surface area contributed by atoms with Gasteiger partial charge in [0.2, 0.25) is 0 Å². The predicted molar refractivity (Wildman–Crippen MR) is 83.2 cm³/mol. The van der Waals surface area contributed by atoms with Crippen molar-refractivity contribution in [2.75, 3.05) is 5.32 Å². The van der Waals surface area contributed by atoms with Crippen molar-refractivity contribution in [2.24, 2.45) is 14.1 Å². The van der Waals surface area contributed by atoms with Crippen LogP contribution in [0.3, 0.4) is 0 Å². The molecule has 0 aromatic carbocycles. The summed E-state index contributed by atoms with van der Waals surface area (Å²) in [5.74, 6) is 0. The second-order valence-corrected chi connectivity index (χ2v) is 5.29. The van der Waals surface area contributed by atoms with Gasteiger partial charge in [-0.15, -0.1) is 0 Å². The third kappa shape index (κ3) is 2.49. The summed E-state index contributed by atoms with van der Waals surface area (Å²) in [5, 5.41) is 13.4. The molecule has 0 radical (unpaired) electrons. The Balaban J connectivity index is 1.83. The van der Waals surface area contributed by atoms with Crippen molar-refractivity contribution in [3.05, 3.63) is 35.4 Å². The van der Waals surface area contributed by atoms with Gasteiger partial charge in [-0.1, -0.05) is 6.92 Å². The summed E-state index contributed by atoms with van der Waals surface area (Å²) in [6.07, 6.45) is 4.83. The number of aromatic nitrogens is 5. The highest BCUT2D eigenvalue weighted by molar-refractivity contribution is 5.78. The van der Waals surface area contributed by atoms with Gasteiger partial charge in [-0.2, -0.15) is 10.2 Å². The van der Waals surface area contributed by atoms with Crippen LogP contribution in [0, 0.1) is 6.92 Å². The average Bonchev–Trinajstić information content (AvgIpc) is 2.97. The Morgan fingerprint density at radius 3 is 2.81 bits per heavy atom. The first kappa shape index (κ1) is 13.6. The number of fused-ring (bicyclic) bond motifs is 1. The summed E-state index contributed by atoms with van der Waals surface area (Å²) in [4.78, 5) is 4.50. The molecule has 3 aromatic rings. The maximum Gasteiger partial charge on any atom is 0.157 e. The highest BCUT2D eigenvalue weighted by Gasteiger charge is 2.08. The van der Waals surface area contributed by atoms with Gasteiger partial charge in [0.25, 0.3) is 0 Å². The first-order valence-corrected chi connectivity index (χ1v) is 7.13. The van der Waals surface area contributed by atoms with Gasteiger partial charge < -0.3 is 5.32 Å². The van der Waals surface area contributed by atoms with Gasteiger partial charge in [-0.25, -0.2) is 4.98 Å². The molecule has 0 aliphatic heterocycles. The molecule has 6 nitrogen and oxygen atoms in total. The normalized spacial score (nSPS) is 11.2. The Hall–Kier alpha value is -2.37. The SMILES string of the molecule is CCc1nn(C)cc1NCc1cnc2c(c1)c(C)nn2C. The number of rotatable bonds is 4. The number of pyridine rings is 1. The fourth-order valence-electron chi connectivity index (χ4n) is 2.59. The van der Waals surface area contributed by atoms with Crippen LogP contribution in [0.25, 0.3) is 11.0 Å². The van der Waals surface area contributed by atoms with Gasteiger partial charge in [0.05, 0.1) is 17.1 Å². The minimum atomic E-state index is 0.732. The molecule has 0 saturated heterocycles. The summed E-state index contributed by atoms with van der Waals surface area (Å²) >= 11 is 0. The van der Waals surface area contributed by atoms with Crippen molar-refractivity contribution >= 4 is 16.7 Å². The second kappa shape index (κ2) is 5.20. The highest BCUT2D eigenvalue weighted by Crippen LogP contribution is 2.19. The fourth-order valence-corrected chi connectivity index (χ4v) is 2.59. The molecular formula is C15H20N6. The number of nitrogens with one attached hydrogen (secondary N) is 1. The molecular weight excluding hydrogens is 264 g/mol. The third-order valence-corrected chi connectivity index (χ3v) is 3.64. The lowest BCUT2D eigenvalue weighted by atomic mass is 10.2. The Morgan fingerprint density at radius 2 is 2.05 bits per heavy atom. The zero-order chi connectivity index (χ0) is 15.0. The van der Waals surface area contributed by atoms with Gasteiger partial charge in [0.15, 0.2) is 5.65 Å². The summed E-state index contributed by atoms with van der Waals surface area (Å²) < 4.78 is 3.66. The van der Waals surface area contributed by atoms with Crippen LogP contribution >= 0.6 is 0 Å². The molecule has 3 heterocycles. The number of anilines is 1. The van der Waals surface area contributed by atoms with E-state index in [1.54, 1.807) is 0 Å². The molecule has 0 bridgehead atoms. The summed E-state index contributed by atoms with van der Waals surface area (Å²) in [5.41, 5.74) is 5.25. The van der Waals surface area contributed by atoms with Crippen molar-refractivity contribution in [3.63, 3.8) is 0 Å². The minimum Gasteiger partial charge on any atom is -0.378 e. The third-order valence-electron chi connectivity index (χ3n) is 3.64. The van der Waals surface area contributed by atoms with Crippen LogP contribution in [0.15, 0.2) is 18.5 Å². The predicted octanol–water partition coefficient (Wildman–Crippen LogP) is 2.18. The van der Waals surface area contributed by atoms with E-state index in [2.05, 4.69) is 33.5 Å². The zero-order valence-corrected chi connectivity index (χ0v) is 12.9. The van der Waals surface area contributed by atoms with Gasteiger partial charge >= 0.3 is 0 Å². The van der Waals surface area contributed by atoms with Crippen molar-refractivity contribution < 1.29 is 0 Å². The first-order chi connectivity index (χ1) is 10.1. The molecule has 21 heavy (non-hydrogen) atoms. The largest absolute Gasteiger partial charge is 0.378 e. The molecule has 0 aliphatic rings. The molecule has 0 spiro atoms. The zero-order valence-electron chi connectivity index (χ0n) is 12.9. The van der Waals surface area contributed by atoms with E-state index in [0.717, 1.165) is 46.6 Å². The maximum absolute atomic E-state index is 4.50. The Kier molecular flexibility index (Phi) is 3.37. The standard InChI is InChI=1S/C15H20N6/c1-5-13-14(9-20(3)19-13)16-7-11-6-12-10(2)18-21(4)15(12)17-8-11/h6,8-9,16H,5,7H2,1-4H3. The van der Waals surface area contributed by atoms with Crippen LogP contribution in [0.1, 0.15) is 23.9 Å². The summed E-state index contributed by atoms with van der Waals surface area (Å²) in [6, 6.07) is 2.15. The molecule has 3 rings (SSSR count). The number of nitrogens with zero attached hydrogens (tertiary/aromatic N) is 5. The van der Waals surface area contributed by atoms with Crippen LogP contribution in [0.4, 0.5) is 5.69 Å². The van der Waals surface area contributed by atoms with Gasteiger partial charge in [0, 0.05) is 38.4 Å². The summed E-state index contributed by atoms with van der Waals surface area (Å²) in [6.45, 7) is 4.85. The number of hydrogen-bond acceptors (Lipinski definition) is 4. The smallest absolute Gasteiger partial charge is 0.157 e. The van der Waals surface area contributed by atoms with Crippen molar-refractivity contribution in [3.8, 4) is 0 Å². The molecule has 110 valence electrons. The minimum absolute atomic E-state index is 0.732. The molecule has 0 saturated carbocycles. The quantitative estimate of drug-likeness (QED) is 0.797. The van der Waals surface area contributed by atoms with E-state index < -0.39 is 0 Å². The van der Waals surface area contributed by atoms with E-state index in [9.17, 15) is 0 Å². The Bertz CT molecular complexity index is 783. The van der Waals surface area contributed by atoms with Crippen LogP contribution in [-0.2, 0) is 27.1 Å². The first-order valence-electron chi connectivity index (χ1n) is 7.13. The van der Waals surface area contributed by atoms with Crippen molar-refractivity contribution in [1.29, 1.82) is 0 Å². The topological polar surface area (TPSA) is 60.6 Å².